The molecule has 1 aromatic heterocycles. The number of hydrogen-bond acceptors (Lipinski definition) is 3. The van der Waals surface area contributed by atoms with Crippen molar-refractivity contribution in [2.45, 2.75) is 38.5 Å². The topological polar surface area (TPSA) is 38.9 Å². The molecule has 108 valence electrons. The summed E-state index contributed by atoms with van der Waals surface area (Å²) in [4.78, 5) is 4.78. The van der Waals surface area contributed by atoms with E-state index in [1.54, 1.807) is 11.3 Å². The van der Waals surface area contributed by atoms with Crippen molar-refractivity contribution >= 4 is 22.9 Å². The number of nitrogens with zero attached hydrogens (tertiary/aromatic N) is 1. The molecule has 2 rings (SSSR count). The van der Waals surface area contributed by atoms with Crippen LogP contribution in [0.2, 0.25) is 5.02 Å². The van der Waals surface area contributed by atoms with Crippen molar-refractivity contribution in [1.82, 2.24) is 4.98 Å². The Hall–Kier alpha value is -0.900. The third kappa shape index (κ3) is 3.81. The molecule has 0 spiro atoms. The Bertz CT molecular complexity index is 572. The normalized spacial score (nSPS) is 13.4. The fourth-order valence-corrected chi connectivity index (χ4v) is 3.41. The SMILES string of the molecule is CC(C)(C)c1csc(C(CN)Cc2cccc(Cl)c2)n1. The maximum absolute atomic E-state index is 6.04. The van der Waals surface area contributed by atoms with Gasteiger partial charge in [-0.25, -0.2) is 4.98 Å². The zero-order valence-electron chi connectivity index (χ0n) is 12.2. The second-order valence-corrected chi connectivity index (χ2v) is 7.41. The predicted molar refractivity (Wildman–Crippen MR) is 87.8 cm³/mol. The van der Waals surface area contributed by atoms with E-state index in [0.717, 1.165) is 22.1 Å². The Morgan fingerprint density at radius 2 is 2.10 bits per heavy atom. The second-order valence-electron chi connectivity index (χ2n) is 6.09. The lowest BCUT2D eigenvalue weighted by atomic mass is 9.93. The molecule has 0 saturated heterocycles. The lowest BCUT2D eigenvalue weighted by Gasteiger charge is -2.15. The molecule has 1 heterocycles. The number of hydrogen-bond donors (Lipinski definition) is 1. The first-order valence-electron chi connectivity index (χ1n) is 6.80. The van der Waals surface area contributed by atoms with E-state index in [1.165, 1.54) is 5.56 Å². The van der Waals surface area contributed by atoms with Crippen molar-refractivity contribution in [3.63, 3.8) is 0 Å². The van der Waals surface area contributed by atoms with Crippen LogP contribution in [0.15, 0.2) is 29.6 Å². The van der Waals surface area contributed by atoms with Gasteiger partial charge < -0.3 is 5.73 Å². The fourth-order valence-electron chi connectivity index (χ4n) is 2.04. The second kappa shape index (κ2) is 6.25. The van der Waals surface area contributed by atoms with E-state index in [-0.39, 0.29) is 11.3 Å². The van der Waals surface area contributed by atoms with Gasteiger partial charge in [0.05, 0.1) is 10.7 Å². The summed E-state index contributed by atoms with van der Waals surface area (Å²) < 4.78 is 0. The molecule has 20 heavy (non-hydrogen) atoms. The summed E-state index contributed by atoms with van der Waals surface area (Å²) in [6, 6.07) is 7.96. The summed E-state index contributed by atoms with van der Waals surface area (Å²) in [6.45, 7) is 7.14. The van der Waals surface area contributed by atoms with Crippen LogP contribution >= 0.6 is 22.9 Å². The lowest BCUT2D eigenvalue weighted by Crippen LogP contribution is -2.16. The van der Waals surface area contributed by atoms with Crippen molar-refractivity contribution in [1.29, 1.82) is 0 Å². The molecule has 0 radical (unpaired) electrons. The number of rotatable bonds is 4. The summed E-state index contributed by atoms with van der Waals surface area (Å²) in [6.07, 6.45) is 0.883. The third-order valence-corrected chi connectivity index (χ3v) is 4.54. The van der Waals surface area contributed by atoms with Crippen LogP contribution in [-0.4, -0.2) is 11.5 Å². The van der Waals surface area contributed by atoms with Crippen LogP contribution in [0.5, 0.6) is 0 Å². The molecule has 0 aliphatic heterocycles. The molecule has 0 amide bonds. The monoisotopic (exact) mass is 308 g/mol. The van der Waals surface area contributed by atoms with E-state index < -0.39 is 0 Å². The Morgan fingerprint density at radius 3 is 2.65 bits per heavy atom. The van der Waals surface area contributed by atoms with Crippen molar-refractivity contribution in [3.8, 4) is 0 Å². The molecule has 2 N–H and O–H groups in total. The first-order valence-corrected chi connectivity index (χ1v) is 8.06. The van der Waals surface area contributed by atoms with Gasteiger partial charge in [0.15, 0.2) is 0 Å². The molecule has 0 aliphatic carbocycles. The van der Waals surface area contributed by atoms with Crippen LogP contribution in [0.4, 0.5) is 0 Å². The van der Waals surface area contributed by atoms with Crippen LogP contribution in [0.1, 0.15) is 43.0 Å². The van der Waals surface area contributed by atoms with Gasteiger partial charge in [-0.15, -0.1) is 11.3 Å². The molecule has 1 aromatic carbocycles. The Kier molecular flexibility index (Phi) is 4.84. The minimum absolute atomic E-state index is 0.0873. The standard InChI is InChI=1S/C16H21ClN2S/c1-16(2,3)14-10-20-15(19-14)12(9-18)7-11-5-4-6-13(17)8-11/h4-6,8,10,12H,7,9,18H2,1-3H3. The van der Waals surface area contributed by atoms with Crippen molar-refractivity contribution in [2.24, 2.45) is 5.73 Å². The largest absolute Gasteiger partial charge is 0.330 e. The van der Waals surface area contributed by atoms with Gasteiger partial charge in [0.2, 0.25) is 0 Å². The van der Waals surface area contributed by atoms with Gasteiger partial charge in [0, 0.05) is 28.3 Å². The van der Waals surface area contributed by atoms with Gasteiger partial charge in [-0.2, -0.15) is 0 Å². The summed E-state index contributed by atoms with van der Waals surface area (Å²) in [5, 5.41) is 4.04. The summed E-state index contributed by atoms with van der Waals surface area (Å²) in [5.41, 5.74) is 8.38. The number of halogens is 1. The maximum Gasteiger partial charge on any atom is 0.0975 e. The highest BCUT2D eigenvalue weighted by Crippen LogP contribution is 2.29. The van der Waals surface area contributed by atoms with Crippen LogP contribution in [0, 0.1) is 0 Å². The number of aromatic nitrogens is 1. The fraction of sp³-hybridized carbons (Fsp3) is 0.438. The summed E-state index contributed by atoms with van der Waals surface area (Å²) in [5.74, 6) is 0.259. The Balaban J connectivity index is 2.18. The number of benzene rings is 1. The molecule has 2 nitrogen and oxygen atoms in total. The number of nitrogens with two attached hydrogens (primary N) is 1. The van der Waals surface area contributed by atoms with E-state index in [4.69, 9.17) is 22.3 Å². The molecule has 0 saturated carbocycles. The van der Waals surface area contributed by atoms with Crippen LogP contribution in [0.25, 0.3) is 0 Å². The van der Waals surface area contributed by atoms with E-state index in [2.05, 4.69) is 32.2 Å². The zero-order chi connectivity index (χ0) is 14.8. The van der Waals surface area contributed by atoms with E-state index in [1.807, 2.05) is 18.2 Å². The summed E-state index contributed by atoms with van der Waals surface area (Å²) >= 11 is 7.75. The Morgan fingerprint density at radius 1 is 1.35 bits per heavy atom. The highest BCUT2D eigenvalue weighted by atomic mass is 35.5. The molecule has 1 unspecified atom stereocenters. The van der Waals surface area contributed by atoms with E-state index >= 15 is 0 Å². The average molecular weight is 309 g/mol. The molecule has 0 bridgehead atoms. The molecular formula is C16H21ClN2S. The average Bonchev–Trinajstić information content (AvgIpc) is 2.85. The third-order valence-electron chi connectivity index (χ3n) is 3.30. The maximum atomic E-state index is 6.04. The zero-order valence-corrected chi connectivity index (χ0v) is 13.8. The highest BCUT2D eigenvalue weighted by molar-refractivity contribution is 7.09. The van der Waals surface area contributed by atoms with E-state index in [9.17, 15) is 0 Å². The smallest absolute Gasteiger partial charge is 0.0975 e. The van der Waals surface area contributed by atoms with Crippen molar-refractivity contribution in [2.75, 3.05) is 6.54 Å². The quantitative estimate of drug-likeness (QED) is 0.910. The molecule has 2 aromatic rings. The molecule has 0 fully saturated rings. The van der Waals surface area contributed by atoms with Gasteiger partial charge in [-0.05, 0) is 24.1 Å². The van der Waals surface area contributed by atoms with Gasteiger partial charge in [0.1, 0.15) is 0 Å². The lowest BCUT2D eigenvalue weighted by molar-refractivity contribution is 0.566. The van der Waals surface area contributed by atoms with Gasteiger partial charge in [-0.3, -0.25) is 0 Å². The minimum atomic E-state index is 0.0873. The van der Waals surface area contributed by atoms with Crippen LogP contribution in [-0.2, 0) is 11.8 Å². The number of thiazole rings is 1. The molecule has 0 aliphatic rings. The first kappa shape index (κ1) is 15.5. The van der Waals surface area contributed by atoms with Crippen molar-refractivity contribution in [3.05, 3.63) is 50.9 Å². The molecule has 1 atom stereocenters. The van der Waals surface area contributed by atoms with Crippen molar-refractivity contribution < 1.29 is 0 Å². The van der Waals surface area contributed by atoms with E-state index in [0.29, 0.717) is 6.54 Å². The molecule has 4 heteroatoms. The van der Waals surface area contributed by atoms with Crippen LogP contribution in [0.3, 0.4) is 0 Å². The van der Waals surface area contributed by atoms with Gasteiger partial charge in [-0.1, -0.05) is 44.5 Å². The first-order chi connectivity index (χ1) is 9.40. The van der Waals surface area contributed by atoms with Gasteiger partial charge >= 0.3 is 0 Å². The van der Waals surface area contributed by atoms with Crippen LogP contribution < -0.4 is 5.73 Å². The highest BCUT2D eigenvalue weighted by Gasteiger charge is 2.21. The Labute approximate surface area is 130 Å². The predicted octanol–water partition coefficient (Wildman–Crippen LogP) is 4.38. The minimum Gasteiger partial charge on any atom is -0.330 e. The summed E-state index contributed by atoms with van der Waals surface area (Å²) in [7, 11) is 0. The van der Waals surface area contributed by atoms with Gasteiger partial charge in [0.25, 0.3) is 0 Å². The molecular weight excluding hydrogens is 288 g/mol.